The molecule has 0 fully saturated rings. The Morgan fingerprint density at radius 1 is 1.31 bits per heavy atom. The monoisotopic (exact) mass is 215 g/mol. The highest BCUT2D eigenvalue weighted by atomic mass is 16.5. The topological polar surface area (TPSA) is 42.1 Å². The van der Waals surface area contributed by atoms with E-state index in [0.29, 0.717) is 5.56 Å². The Labute approximate surface area is 94.1 Å². The lowest BCUT2D eigenvalue weighted by Gasteiger charge is -2.01. The molecule has 1 N–H and O–H groups in total. The Kier molecular flexibility index (Phi) is 2.77. The summed E-state index contributed by atoms with van der Waals surface area (Å²) in [6, 6.07) is 9.81. The quantitative estimate of drug-likeness (QED) is 0.783. The minimum absolute atomic E-state index is 0.323. The van der Waals surface area contributed by atoms with Crippen LogP contribution in [0.4, 0.5) is 0 Å². The van der Waals surface area contributed by atoms with Crippen LogP contribution >= 0.6 is 0 Å². The van der Waals surface area contributed by atoms with E-state index in [9.17, 15) is 4.79 Å². The van der Waals surface area contributed by atoms with Gasteiger partial charge in [-0.3, -0.25) is 0 Å². The molecule has 3 heteroatoms. The van der Waals surface area contributed by atoms with Crippen LogP contribution in [0.25, 0.3) is 11.3 Å². The van der Waals surface area contributed by atoms with Crippen molar-refractivity contribution in [2.45, 2.75) is 6.92 Å². The highest BCUT2D eigenvalue weighted by Crippen LogP contribution is 2.22. The third kappa shape index (κ3) is 1.84. The fourth-order valence-corrected chi connectivity index (χ4v) is 1.66. The van der Waals surface area contributed by atoms with E-state index in [0.717, 1.165) is 11.3 Å². The molecule has 2 aromatic rings. The van der Waals surface area contributed by atoms with Gasteiger partial charge in [0.25, 0.3) is 0 Å². The van der Waals surface area contributed by atoms with Gasteiger partial charge in [-0.1, -0.05) is 24.3 Å². The molecule has 1 aromatic heterocycles. The van der Waals surface area contributed by atoms with E-state index in [-0.39, 0.29) is 5.97 Å². The molecule has 0 amide bonds. The number of esters is 1. The molecule has 0 atom stereocenters. The fourth-order valence-electron chi connectivity index (χ4n) is 1.66. The van der Waals surface area contributed by atoms with Gasteiger partial charge in [0.2, 0.25) is 0 Å². The minimum atomic E-state index is -0.323. The van der Waals surface area contributed by atoms with Crippen molar-refractivity contribution in [3.8, 4) is 11.3 Å². The number of rotatable bonds is 2. The zero-order valence-corrected chi connectivity index (χ0v) is 9.28. The Bertz CT molecular complexity index is 514. The molecular formula is C13H13NO2. The second kappa shape index (κ2) is 4.23. The van der Waals surface area contributed by atoms with Crippen LogP contribution in [-0.2, 0) is 4.74 Å². The largest absolute Gasteiger partial charge is 0.465 e. The molecule has 0 aliphatic heterocycles. The van der Waals surface area contributed by atoms with Crippen molar-refractivity contribution >= 4 is 5.97 Å². The van der Waals surface area contributed by atoms with Crippen LogP contribution in [0.5, 0.6) is 0 Å². The van der Waals surface area contributed by atoms with Gasteiger partial charge in [0.05, 0.1) is 12.7 Å². The number of carbonyl (C=O) groups is 1. The summed E-state index contributed by atoms with van der Waals surface area (Å²) in [4.78, 5) is 14.4. The van der Waals surface area contributed by atoms with Gasteiger partial charge < -0.3 is 9.72 Å². The van der Waals surface area contributed by atoms with Crippen molar-refractivity contribution in [2.24, 2.45) is 0 Å². The van der Waals surface area contributed by atoms with Gasteiger partial charge in [-0.2, -0.15) is 0 Å². The maximum absolute atomic E-state index is 11.3. The maximum Gasteiger partial charge on any atom is 0.339 e. The number of nitrogens with one attached hydrogen (secondary N) is 1. The van der Waals surface area contributed by atoms with E-state index in [1.54, 1.807) is 12.3 Å². The summed E-state index contributed by atoms with van der Waals surface area (Å²) < 4.78 is 4.66. The number of aromatic nitrogens is 1. The predicted octanol–water partition coefficient (Wildman–Crippen LogP) is 2.78. The molecule has 0 bridgehead atoms. The SMILES string of the molecule is COC(=O)c1c[nH]c(-c2ccccc2C)c1. The molecule has 0 unspecified atom stereocenters. The van der Waals surface area contributed by atoms with E-state index in [1.165, 1.54) is 12.7 Å². The molecule has 1 aromatic carbocycles. The summed E-state index contributed by atoms with van der Waals surface area (Å²) in [5.41, 5.74) is 3.73. The number of methoxy groups -OCH3 is 1. The van der Waals surface area contributed by atoms with Crippen LogP contribution in [-0.4, -0.2) is 18.1 Å². The van der Waals surface area contributed by atoms with Crippen LogP contribution in [0.1, 0.15) is 15.9 Å². The molecular weight excluding hydrogens is 202 g/mol. The summed E-state index contributed by atoms with van der Waals surface area (Å²) in [6.45, 7) is 2.04. The van der Waals surface area contributed by atoms with Crippen LogP contribution in [0.3, 0.4) is 0 Å². The van der Waals surface area contributed by atoms with Crippen LogP contribution < -0.4 is 0 Å². The Morgan fingerprint density at radius 2 is 2.06 bits per heavy atom. The molecule has 0 spiro atoms. The van der Waals surface area contributed by atoms with Gasteiger partial charge in [-0.25, -0.2) is 4.79 Å². The first-order valence-corrected chi connectivity index (χ1v) is 5.05. The number of aryl methyl sites for hydroxylation is 1. The van der Waals surface area contributed by atoms with Gasteiger partial charge in [0, 0.05) is 17.5 Å². The van der Waals surface area contributed by atoms with Crippen molar-refractivity contribution in [3.05, 3.63) is 47.7 Å². The number of ether oxygens (including phenoxy) is 1. The van der Waals surface area contributed by atoms with Crippen molar-refractivity contribution in [3.63, 3.8) is 0 Å². The molecule has 2 rings (SSSR count). The lowest BCUT2D eigenvalue weighted by atomic mass is 10.1. The first kappa shape index (κ1) is 10.5. The smallest absolute Gasteiger partial charge is 0.339 e. The summed E-state index contributed by atoms with van der Waals surface area (Å²) in [6.07, 6.45) is 1.66. The van der Waals surface area contributed by atoms with Gasteiger partial charge >= 0.3 is 5.97 Å². The van der Waals surface area contributed by atoms with E-state index in [2.05, 4.69) is 9.72 Å². The van der Waals surface area contributed by atoms with Crippen molar-refractivity contribution in [1.29, 1.82) is 0 Å². The number of hydrogen-bond donors (Lipinski definition) is 1. The number of hydrogen-bond acceptors (Lipinski definition) is 2. The summed E-state index contributed by atoms with van der Waals surface area (Å²) in [5, 5.41) is 0. The average molecular weight is 215 g/mol. The first-order chi connectivity index (χ1) is 7.72. The van der Waals surface area contributed by atoms with E-state index < -0.39 is 0 Å². The molecule has 16 heavy (non-hydrogen) atoms. The average Bonchev–Trinajstić information content (AvgIpc) is 2.78. The van der Waals surface area contributed by atoms with E-state index >= 15 is 0 Å². The van der Waals surface area contributed by atoms with Crippen molar-refractivity contribution in [1.82, 2.24) is 4.98 Å². The Hall–Kier alpha value is -2.03. The third-order valence-electron chi connectivity index (χ3n) is 2.54. The van der Waals surface area contributed by atoms with E-state index in [1.807, 2.05) is 31.2 Å². The number of H-pyrrole nitrogens is 1. The molecule has 0 aliphatic carbocycles. The highest BCUT2D eigenvalue weighted by molar-refractivity contribution is 5.90. The fraction of sp³-hybridized carbons (Fsp3) is 0.154. The lowest BCUT2D eigenvalue weighted by Crippen LogP contribution is -1.98. The molecule has 82 valence electrons. The second-order valence-corrected chi connectivity index (χ2v) is 3.61. The summed E-state index contributed by atoms with van der Waals surface area (Å²) >= 11 is 0. The van der Waals surface area contributed by atoms with Gasteiger partial charge in [-0.05, 0) is 18.6 Å². The third-order valence-corrected chi connectivity index (χ3v) is 2.54. The molecule has 1 heterocycles. The molecule has 0 radical (unpaired) electrons. The molecule has 0 saturated carbocycles. The van der Waals surface area contributed by atoms with Crippen molar-refractivity contribution < 1.29 is 9.53 Å². The normalized spacial score (nSPS) is 10.1. The first-order valence-electron chi connectivity index (χ1n) is 5.05. The summed E-state index contributed by atoms with van der Waals surface area (Å²) in [5.74, 6) is -0.323. The number of benzene rings is 1. The molecule has 3 nitrogen and oxygen atoms in total. The molecule has 0 saturated heterocycles. The van der Waals surface area contributed by atoms with Crippen LogP contribution in [0, 0.1) is 6.92 Å². The zero-order valence-electron chi connectivity index (χ0n) is 9.28. The second-order valence-electron chi connectivity index (χ2n) is 3.61. The highest BCUT2D eigenvalue weighted by Gasteiger charge is 2.09. The Balaban J connectivity index is 2.39. The predicted molar refractivity (Wildman–Crippen MR) is 62.3 cm³/mol. The maximum atomic E-state index is 11.3. The van der Waals surface area contributed by atoms with Gasteiger partial charge in [0.15, 0.2) is 0 Å². The Morgan fingerprint density at radius 3 is 2.75 bits per heavy atom. The van der Waals surface area contributed by atoms with Gasteiger partial charge in [-0.15, -0.1) is 0 Å². The van der Waals surface area contributed by atoms with Crippen LogP contribution in [0.15, 0.2) is 36.5 Å². The number of carbonyl (C=O) groups excluding carboxylic acids is 1. The minimum Gasteiger partial charge on any atom is -0.465 e. The number of aromatic amines is 1. The van der Waals surface area contributed by atoms with Gasteiger partial charge in [0.1, 0.15) is 0 Å². The zero-order chi connectivity index (χ0) is 11.5. The van der Waals surface area contributed by atoms with E-state index in [4.69, 9.17) is 0 Å². The lowest BCUT2D eigenvalue weighted by molar-refractivity contribution is 0.0601. The van der Waals surface area contributed by atoms with Crippen LogP contribution in [0.2, 0.25) is 0 Å². The molecule has 0 aliphatic rings. The summed E-state index contributed by atoms with van der Waals surface area (Å²) in [7, 11) is 1.38. The van der Waals surface area contributed by atoms with Crippen molar-refractivity contribution in [2.75, 3.05) is 7.11 Å². The standard InChI is InChI=1S/C13H13NO2/c1-9-5-3-4-6-11(9)12-7-10(8-14-12)13(15)16-2/h3-8,14H,1-2H3.